The van der Waals surface area contributed by atoms with Crippen LogP contribution in [0, 0.1) is 5.82 Å². The fourth-order valence-corrected chi connectivity index (χ4v) is 2.23. The fourth-order valence-electron chi connectivity index (χ4n) is 1.90. The minimum absolute atomic E-state index is 0.0782. The van der Waals surface area contributed by atoms with Gasteiger partial charge in [-0.2, -0.15) is 0 Å². The van der Waals surface area contributed by atoms with Crippen molar-refractivity contribution in [3.63, 3.8) is 0 Å². The number of esters is 1. The summed E-state index contributed by atoms with van der Waals surface area (Å²) in [6.07, 6.45) is -1.28. The second kappa shape index (κ2) is 6.81. The second-order valence-electron chi connectivity index (χ2n) is 4.38. The van der Waals surface area contributed by atoms with Gasteiger partial charge in [0.05, 0.1) is 7.11 Å². The van der Waals surface area contributed by atoms with Crippen LogP contribution in [-0.2, 0) is 9.53 Å². The molecule has 0 radical (unpaired) electrons. The van der Waals surface area contributed by atoms with Crippen molar-refractivity contribution in [2.24, 2.45) is 0 Å². The first kappa shape index (κ1) is 16.6. The van der Waals surface area contributed by atoms with Crippen LogP contribution < -0.4 is 0 Å². The molecule has 1 aromatic carbocycles. The van der Waals surface area contributed by atoms with E-state index >= 15 is 0 Å². The van der Waals surface area contributed by atoms with Gasteiger partial charge in [-0.1, -0.05) is 34.1 Å². The maximum absolute atomic E-state index is 13.9. The molecule has 0 aliphatic heterocycles. The van der Waals surface area contributed by atoms with Crippen molar-refractivity contribution in [3.05, 3.63) is 57.4 Å². The van der Waals surface area contributed by atoms with E-state index < -0.39 is 17.9 Å². The molecule has 0 saturated carbocycles. The predicted octanol–water partition coefficient (Wildman–Crippen LogP) is 3.69. The minimum Gasteiger partial charge on any atom is -0.466 e. The van der Waals surface area contributed by atoms with Crippen molar-refractivity contribution >= 4 is 21.9 Å². The molecule has 0 amide bonds. The molecule has 1 N–H and O–H groups in total. The van der Waals surface area contributed by atoms with Crippen LogP contribution in [0.15, 0.2) is 46.0 Å². The first-order valence-corrected chi connectivity index (χ1v) is 6.66. The quantitative estimate of drug-likeness (QED) is 0.515. The zero-order chi connectivity index (χ0) is 15.4. The number of ether oxygens (including phenoxy) is 1. The second-order valence-corrected chi connectivity index (χ2v) is 5.29. The van der Waals surface area contributed by atoms with E-state index in [-0.39, 0.29) is 16.7 Å². The van der Waals surface area contributed by atoms with E-state index in [0.29, 0.717) is 10.0 Å². The lowest BCUT2D eigenvalue weighted by atomic mass is 9.92. The van der Waals surface area contributed by atoms with Gasteiger partial charge in [0.2, 0.25) is 0 Å². The maximum atomic E-state index is 13.9. The van der Waals surface area contributed by atoms with E-state index in [1.54, 1.807) is 13.0 Å². The molecular formula is C15H16BrFO3. The zero-order valence-corrected chi connectivity index (χ0v) is 13.1. The summed E-state index contributed by atoms with van der Waals surface area (Å²) in [4.78, 5) is 11.6. The van der Waals surface area contributed by atoms with Crippen molar-refractivity contribution in [2.45, 2.75) is 20.0 Å². The Balaban J connectivity index is 3.36. The number of benzene rings is 1. The van der Waals surface area contributed by atoms with Crippen molar-refractivity contribution in [3.8, 4) is 0 Å². The predicted molar refractivity (Wildman–Crippen MR) is 78.6 cm³/mol. The summed E-state index contributed by atoms with van der Waals surface area (Å²) < 4.78 is 19.1. The third-order valence-corrected chi connectivity index (χ3v) is 3.38. The van der Waals surface area contributed by atoms with Crippen molar-refractivity contribution in [1.82, 2.24) is 0 Å². The molecule has 0 spiro atoms. The Kier molecular flexibility index (Phi) is 5.65. The third kappa shape index (κ3) is 3.55. The zero-order valence-electron chi connectivity index (χ0n) is 11.5. The smallest absolute Gasteiger partial charge is 0.333 e. The van der Waals surface area contributed by atoms with Crippen LogP contribution >= 0.6 is 15.9 Å². The van der Waals surface area contributed by atoms with Gasteiger partial charge in [0, 0.05) is 15.6 Å². The van der Waals surface area contributed by atoms with Gasteiger partial charge in [-0.15, -0.1) is 0 Å². The highest BCUT2D eigenvalue weighted by molar-refractivity contribution is 9.10. The first-order valence-electron chi connectivity index (χ1n) is 5.87. The van der Waals surface area contributed by atoms with Crippen LogP contribution in [0.2, 0.25) is 0 Å². The monoisotopic (exact) mass is 342 g/mol. The summed E-state index contributed by atoms with van der Waals surface area (Å²) in [6, 6.07) is 4.32. The number of carbonyl (C=O) groups excluding carboxylic acids is 1. The summed E-state index contributed by atoms with van der Waals surface area (Å²) >= 11 is 3.15. The summed E-state index contributed by atoms with van der Waals surface area (Å²) in [5.74, 6) is -1.15. The van der Waals surface area contributed by atoms with Gasteiger partial charge in [0.15, 0.2) is 0 Å². The number of hydrogen-bond donors (Lipinski definition) is 1. The lowest BCUT2D eigenvalue weighted by Gasteiger charge is -2.19. The Bertz CT molecular complexity index is 578. The van der Waals surface area contributed by atoms with E-state index in [2.05, 4.69) is 27.2 Å². The summed E-state index contributed by atoms with van der Waals surface area (Å²) in [5, 5.41) is 10.4. The Labute approximate surface area is 125 Å². The molecule has 0 bridgehead atoms. The topological polar surface area (TPSA) is 46.5 Å². The highest BCUT2D eigenvalue weighted by Gasteiger charge is 2.23. The average Bonchev–Trinajstić information content (AvgIpc) is 2.37. The van der Waals surface area contributed by atoms with E-state index in [4.69, 9.17) is 0 Å². The van der Waals surface area contributed by atoms with Crippen LogP contribution in [0.4, 0.5) is 4.39 Å². The van der Waals surface area contributed by atoms with Crippen molar-refractivity contribution < 1.29 is 19.0 Å². The molecule has 1 atom stereocenters. The van der Waals surface area contributed by atoms with E-state index in [1.165, 1.54) is 26.2 Å². The lowest BCUT2D eigenvalue weighted by Crippen LogP contribution is -2.12. The molecule has 0 aromatic heterocycles. The Morgan fingerprint density at radius 1 is 1.45 bits per heavy atom. The molecular weight excluding hydrogens is 327 g/mol. The van der Waals surface area contributed by atoms with Crippen LogP contribution in [0.3, 0.4) is 0 Å². The number of carbonyl (C=O) groups is 1. The average molecular weight is 343 g/mol. The number of hydrogen-bond acceptors (Lipinski definition) is 3. The van der Waals surface area contributed by atoms with Gasteiger partial charge < -0.3 is 9.84 Å². The normalized spacial score (nSPS) is 13.5. The SMILES string of the molecule is C=C(C)/C(=C(\C)C(=O)OC)C(O)c1ccc(Br)cc1F. The van der Waals surface area contributed by atoms with Gasteiger partial charge in [0.25, 0.3) is 0 Å². The largest absolute Gasteiger partial charge is 0.466 e. The summed E-state index contributed by atoms with van der Waals surface area (Å²) in [6.45, 7) is 6.88. The number of aliphatic hydroxyl groups excluding tert-OH is 1. The molecule has 3 nitrogen and oxygen atoms in total. The molecule has 1 rings (SSSR count). The van der Waals surface area contributed by atoms with E-state index in [9.17, 15) is 14.3 Å². The van der Waals surface area contributed by atoms with Crippen LogP contribution in [0.25, 0.3) is 0 Å². The van der Waals surface area contributed by atoms with Crippen molar-refractivity contribution in [1.29, 1.82) is 0 Å². The van der Waals surface area contributed by atoms with Crippen LogP contribution in [-0.4, -0.2) is 18.2 Å². The van der Waals surface area contributed by atoms with Crippen molar-refractivity contribution in [2.75, 3.05) is 7.11 Å². The lowest BCUT2D eigenvalue weighted by molar-refractivity contribution is -0.136. The highest BCUT2D eigenvalue weighted by Crippen LogP contribution is 2.32. The molecule has 0 heterocycles. The van der Waals surface area contributed by atoms with Gasteiger partial charge in [-0.3, -0.25) is 0 Å². The molecule has 1 unspecified atom stereocenters. The molecule has 1 aromatic rings. The van der Waals surface area contributed by atoms with Crippen LogP contribution in [0.5, 0.6) is 0 Å². The van der Waals surface area contributed by atoms with Gasteiger partial charge in [-0.25, -0.2) is 9.18 Å². The summed E-state index contributed by atoms with van der Waals surface area (Å²) in [5.41, 5.74) is 1.02. The first-order chi connectivity index (χ1) is 9.29. The molecule has 5 heteroatoms. The number of methoxy groups -OCH3 is 1. The van der Waals surface area contributed by atoms with Gasteiger partial charge in [-0.05, 0) is 31.6 Å². The van der Waals surface area contributed by atoms with Crippen LogP contribution in [0.1, 0.15) is 25.5 Å². The highest BCUT2D eigenvalue weighted by atomic mass is 79.9. The molecule has 0 aliphatic rings. The Morgan fingerprint density at radius 2 is 2.05 bits per heavy atom. The van der Waals surface area contributed by atoms with E-state index in [1.807, 2.05) is 0 Å². The van der Waals surface area contributed by atoms with E-state index in [0.717, 1.165) is 0 Å². The molecule has 108 valence electrons. The fraction of sp³-hybridized carbons (Fsp3) is 0.267. The third-order valence-electron chi connectivity index (χ3n) is 2.89. The number of halogens is 2. The standard InChI is InChI=1S/C15H16BrFO3/c1-8(2)13(9(3)15(19)20-4)14(18)11-6-5-10(16)7-12(11)17/h5-7,14,18H,1H2,2-4H3/b13-9-. The number of aliphatic hydroxyl groups is 1. The molecule has 0 aliphatic carbocycles. The Morgan fingerprint density at radius 3 is 2.50 bits per heavy atom. The minimum atomic E-state index is -1.28. The molecule has 0 fully saturated rings. The van der Waals surface area contributed by atoms with Gasteiger partial charge >= 0.3 is 5.97 Å². The number of rotatable bonds is 4. The summed E-state index contributed by atoms with van der Waals surface area (Å²) in [7, 11) is 1.24. The molecule has 0 saturated heterocycles. The maximum Gasteiger partial charge on any atom is 0.333 e. The van der Waals surface area contributed by atoms with Gasteiger partial charge in [0.1, 0.15) is 11.9 Å². The Hall–Kier alpha value is -1.46. The molecule has 20 heavy (non-hydrogen) atoms.